The minimum Gasteiger partial charge on any atom is -0.381 e. The Kier molecular flexibility index (Phi) is 8.08. The highest BCUT2D eigenvalue weighted by atomic mass is 32.2. The van der Waals surface area contributed by atoms with Crippen LogP contribution in [-0.4, -0.2) is 28.9 Å². The molecular weight excluding hydrogens is 220 g/mol. The van der Waals surface area contributed by atoms with Gasteiger partial charge in [-0.05, 0) is 12.5 Å². The van der Waals surface area contributed by atoms with Gasteiger partial charge < -0.3 is 4.74 Å². The summed E-state index contributed by atoms with van der Waals surface area (Å²) in [4.78, 5) is 8.05. The van der Waals surface area contributed by atoms with Gasteiger partial charge in [-0.1, -0.05) is 19.8 Å². The zero-order chi connectivity index (χ0) is 11.5. The molecule has 0 aliphatic carbocycles. The third kappa shape index (κ3) is 6.80. The van der Waals surface area contributed by atoms with Crippen LogP contribution in [0.3, 0.4) is 0 Å². The van der Waals surface area contributed by atoms with Gasteiger partial charge >= 0.3 is 0 Å². The largest absolute Gasteiger partial charge is 0.381 e. The van der Waals surface area contributed by atoms with E-state index in [2.05, 4.69) is 16.9 Å². The normalized spacial score (nSPS) is 10.6. The number of ether oxygens (including phenoxy) is 1. The van der Waals surface area contributed by atoms with E-state index in [0.717, 1.165) is 30.4 Å². The van der Waals surface area contributed by atoms with Crippen molar-refractivity contribution in [3.63, 3.8) is 0 Å². The molecule has 1 aromatic heterocycles. The molecule has 4 heteroatoms. The quantitative estimate of drug-likeness (QED) is 0.622. The van der Waals surface area contributed by atoms with Gasteiger partial charge in [-0.2, -0.15) is 11.8 Å². The first-order chi connectivity index (χ1) is 7.93. The van der Waals surface area contributed by atoms with Crippen molar-refractivity contribution in [3.8, 4) is 0 Å². The molecule has 0 fully saturated rings. The van der Waals surface area contributed by atoms with E-state index in [1.807, 2.05) is 17.8 Å². The highest BCUT2D eigenvalue weighted by Gasteiger charge is 1.94. The molecule has 90 valence electrons. The van der Waals surface area contributed by atoms with Crippen molar-refractivity contribution in [1.82, 2.24) is 9.97 Å². The molecule has 0 aliphatic rings. The summed E-state index contributed by atoms with van der Waals surface area (Å²) in [6, 6.07) is 1.95. The standard InChI is InChI=1S/C12H20N2OS/c1-2-3-4-7-15-8-9-16-10-12-5-6-13-11-14-12/h5-6,11H,2-4,7-10H2,1H3. The molecule has 0 aromatic carbocycles. The lowest BCUT2D eigenvalue weighted by atomic mass is 10.3. The Morgan fingerprint density at radius 1 is 1.31 bits per heavy atom. The van der Waals surface area contributed by atoms with Gasteiger partial charge in [-0.3, -0.25) is 0 Å². The van der Waals surface area contributed by atoms with Gasteiger partial charge in [0.15, 0.2) is 0 Å². The van der Waals surface area contributed by atoms with Crippen molar-refractivity contribution in [2.24, 2.45) is 0 Å². The Balaban J connectivity index is 1.89. The van der Waals surface area contributed by atoms with Crippen LogP contribution >= 0.6 is 11.8 Å². The van der Waals surface area contributed by atoms with Crippen molar-refractivity contribution in [1.29, 1.82) is 0 Å². The summed E-state index contributed by atoms with van der Waals surface area (Å²) >= 11 is 1.85. The summed E-state index contributed by atoms with van der Waals surface area (Å²) < 4.78 is 5.52. The average molecular weight is 240 g/mol. The highest BCUT2D eigenvalue weighted by molar-refractivity contribution is 7.98. The van der Waals surface area contributed by atoms with Crippen LogP contribution in [-0.2, 0) is 10.5 Å². The molecule has 1 heterocycles. The van der Waals surface area contributed by atoms with Crippen LogP contribution < -0.4 is 0 Å². The number of unbranched alkanes of at least 4 members (excludes halogenated alkanes) is 2. The van der Waals surface area contributed by atoms with Gasteiger partial charge in [0.05, 0.1) is 12.3 Å². The second-order valence-corrected chi connectivity index (χ2v) is 4.68. The molecule has 0 atom stereocenters. The van der Waals surface area contributed by atoms with Crippen molar-refractivity contribution in [2.45, 2.75) is 31.9 Å². The van der Waals surface area contributed by atoms with Gasteiger partial charge in [0.25, 0.3) is 0 Å². The lowest BCUT2D eigenvalue weighted by Gasteiger charge is -2.03. The van der Waals surface area contributed by atoms with Crippen molar-refractivity contribution >= 4 is 11.8 Å². The zero-order valence-electron chi connectivity index (χ0n) is 9.89. The molecule has 0 aliphatic heterocycles. The van der Waals surface area contributed by atoms with Crippen LogP contribution in [0.4, 0.5) is 0 Å². The highest BCUT2D eigenvalue weighted by Crippen LogP contribution is 2.08. The predicted molar refractivity (Wildman–Crippen MR) is 68.5 cm³/mol. The number of nitrogens with zero attached hydrogens (tertiary/aromatic N) is 2. The second-order valence-electron chi connectivity index (χ2n) is 3.57. The monoisotopic (exact) mass is 240 g/mol. The lowest BCUT2D eigenvalue weighted by Crippen LogP contribution is -1.99. The summed E-state index contributed by atoms with van der Waals surface area (Å²) in [5, 5.41) is 0. The zero-order valence-corrected chi connectivity index (χ0v) is 10.7. The predicted octanol–water partition coefficient (Wildman–Crippen LogP) is 2.92. The Bertz CT molecular complexity index is 256. The Labute approximate surface area is 102 Å². The summed E-state index contributed by atoms with van der Waals surface area (Å²) in [6.45, 7) is 3.96. The van der Waals surface area contributed by atoms with E-state index in [9.17, 15) is 0 Å². The van der Waals surface area contributed by atoms with Crippen LogP contribution in [0.2, 0.25) is 0 Å². The van der Waals surface area contributed by atoms with Crippen LogP contribution in [0.5, 0.6) is 0 Å². The van der Waals surface area contributed by atoms with E-state index < -0.39 is 0 Å². The van der Waals surface area contributed by atoms with Crippen LogP contribution in [0.15, 0.2) is 18.6 Å². The molecule has 0 saturated carbocycles. The smallest absolute Gasteiger partial charge is 0.115 e. The SMILES string of the molecule is CCCCCOCCSCc1ccncn1. The van der Waals surface area contributed by atoms with Gasteiger partial charge in [0, 0.05) is 24.3 Å². The van der Waals surface area contributed by atoms with Gasteiger partial charge in [-0.15, -0.1) is 0 Å². The van der Waals surface area contributed by atoms with Crippen LogP contribution in [0.1, 0.15) is 31.9 Å². The Morgan fingerprint density at radius 2 is 2.25 bits per heavy atom. The fourth-order valence-electron chi connectivity index (χ4n) is 1.25. The second kappa shape index (κ2) is 9.60. The molecule has 16 heavy (non-hydrogen) atoms. The maximum Gasteiger partial charge on any atom is 0.115 e. The maximum atomic E-state index is 5.52. The maximum absolute atomic E-state index is 5.52. The number of rotatable bonds is 9. The first-order valence-electron chi connectivity index (χ1n) is 5.84. The third-order valence-corrected chi connectivity index (χ3v) is 3.11. The average Bonchev–Trinajstić information content (AvgIpc) is 2.34. The number of hydrogen-bond acceptors (Lipinski definition) is 4. The van der Waals surface area contributed by atoms with Crippen molar-refractivity contribution in [2.75, 3.05) is 19.0 Å². The first kappa shape index (κ1) is 13.5. The van der Waals surface area contributed by atoms with Gasteiger partial charge in [-0.25, -0.2) is 9.97 Å². The fourth-order valence-corrected chi connectivity index (χ4v) is 2.01. The molecule has 1 aromatic rings. The summed E-state index contributed by atoms with van der Waals surface area (Å²) in [7, 11) is 0. The molecule has 0 radical (unpaired) electrons. The van der Waals surface area contributed by atoms with E-state index in [1.54, 1.807) is 12.5 Å². The third-order valence-electron chi connectivity index (χ3n) is 2.16. The van der Waals surface area contributed by atoms with E-state index in [4.69, 9.17) is 4.74 Å². The van der Waals surface area contributed by atoms with Crippen LogP contribution in [0.25, 0.3) is 0 Å². The Hall–Kier alpha value is -0.610. The number of hydrogen-bond donors (Lipinski definition) is 0. The van der Waals surface area contributed by atoms with Crippen molar-refractivity contribution < 1.29 is 4.74 Å². The van der Waals surface area contributed by atoms with Crippen LogP contribution in [0, 0.1) is 0 Å². The number of thioether (sulfide) groups is 1. The summed E-state index contributed by atoms with van der Waals surface area (Å²) in [6.07, 6.45) is 7.09. The summed E-state index contributed by atoms with van der Waals surface area (Å²) in [5.74, 6) is 1.98. The molecule has 0 N–H and O–H groups in total. The fraction of sp³-hybridized carbons (Fsp3) is 0.667. The first-order valence-corrected chi connectivity index (χ1v) is 6.99. The molecule has 0 bridgehead atoms. The van der Waals surface area contributed by atoms with E-state index in [0.29, 0.717) is 0 Å². The summed E-state index contributed by atoms with van der Waals surface area (Å²) in [5.41, 5.74) is 1.09. The molecule has 0 saturated heterocycles. The Morgan fingerprint density at radius 3 is 3.00 bits per heavy atom. The molecule has 1 rings (SSSR count). The molecular formula is C12H20N2OS. The number of aromatic nitrogens is 2. The minimum atomic E-state index is 0.847. The van der Waals surface area contributed by atoms with E-state index in [-0.39, 0.29) is 0 Å². The van der Waals surface area contributed by atoms with Crippen molar-refractivity contribution in [3.05, 3.63) is 24.3 Å². The van der Waals surface area contributed by atoms with E-state index >= 15 is 0 Å². The van der Waals surface area contributed by atoms with Gasteiger partial charge in [0.1, 0.15) is 6.33 Å². The molecule has 3 nitrogen and oxygen atoms in total. The molecule has 0 unspecified atom stereocenters. The van der Waals surface area contributed by atoms with E-state index in [1.165, 1.54) is 19.3 Å². The van der Waals surface area contributed by atoms with Gasteiger partial charge in [0.2, 0.25) is 0 Å². The minimum absolute atomic E-state index is 0.847. The topological polar surface area (TPSA) is 35.0 Å². The lowest BCUT2D eigenvalue weighted by molar-refractivity contribution is 0.145. The molecule has 0 amide bonds. The molecule has 0 spiro atoms.